The summed E-state index contributed by atoms with van der Waals surface area (Å²) >= 11 is 0. The molecule has 1 aromatic rings. The van der Waals surface area contributed by atoms with Crippen LogP contribution >= 0.6 is 0 Å². The quantitative estimate of drug-likeness (QED) is 0.679. The van der Waals surface area contributed by atoms with Gasteiger partial charge in [-0.1, -0.05) is 13.3 Å². The Kier molecular flexibility index (Phi) is 8.05. The van der Waals surface area contributed by atoms with Crippen LogP contribution in [0.5, 0.6) is 0 Å². The molecule has 0 aromatic heterocycles. The van der Waals surface area contributed by atoms with Crippen LogP contribution in [-0.4, -0.2) is 63.7 Å². The molecule has 1 aliphatic rings. The van der Waals surface area contributed by atoms with Crippen molar-refractivity contribution in [3.8, 4) is 0 Å². The maximum absolute atomic E-state index is 12.2. The Balaban J connectivity index is 1.69. The first-order chi connectivity index (χ1) is 11.7. The predicted octanol–water partition coefficient (Wildman–Crippen LogP) is 1.95. The van der Waals surface area contributed by atoms with Crippen LogP contribution in [0, 0.1) is 0 Å². The second kappa shape index (κ2) is 10.3. The van der Waals surface area contributed by atoms with E-state index in [0.29, 0.717) is 0 Å². The highest BCUT2D eigenvalue weighted by atomic mass is 16.1. The zero-order valence-corrected chi connectivity index (χ0v) is 15.2. The second-order valence-corrected chi connectivity index (χ2v) is 6.52. The van der Waals surface area contributed by atoms with Crippen molar-refractivity contribution in [2.75, 3.05) is 57.8 Å². The van der Waals surface area contributed by atoms with E-state index in [1.165, 1.54) is 18.5 Å². The fourth-order valence-electron chi connectivity index (χ4n) is 2.93. The fourth-order valence-corrected chi connectivity index (χ4v) is 2.93. The molecule has 2 N–H and O–H groups in total. The third-order valence-electron chi connectivity index (χ3n) is 4.56. The Bertz CT molecular complexity index is 483. The molecule has 1 heterocycles. The average Bonchev–Trinajstić information content (AvgIpc) is 2.64. The topological polar surface area (TPSA) is 47.6 Å². The molecule has 2 rings (SSSR count). The Morgan fingerprint density at radius 1 is 1.21 bits per heavy atom. The van der Waals surface area contributed by atoms with Crippen LogP contribution in [0.25, 0.3) is 0 Å². The normalized spacial score (nSPS) is 15.2. The zero-order valence-electron chi connectivity index (χ0n) is 15.2. The smallest absolute Gasteiger partial charge is 0.251 e. The summed E-state index contributed by atoms with van der Waals surface area (Å²) in [4.78, 5) is 16.9. The lowest BCUT2D eigenvalue weighted by Crippen LogP contribution is -2.44. The molecule has 0 spiro atoms. The zero-order chi connectivity index (χ0) is 17.2. The van der Waals surface area contributed by atoms with Gasteiger partial charge in [0.1, 0.15) is 0 Å². The number of anilines is 1. The highest BCUT2D eigenvalue weighted by Gasteiger charge is 2.09. The van der Waals surface area contributed by atoms with Crippen molar-refractivity contribution < 1.29 is 4.79 Å². The van der Waals surface area contributed by atoms with Gasteiger partial charge in [0, 0.05) is 57.6 Å². The summed E-state index contributed by atoms with van der Waals surface area (Å²) in [7, 11) is 2.10. The number of hydrogen-bond donors (Lipinski definition) is 2. The molecule has 0 aliphatic carbocycles. The van der Waals surface area contributed by atoms with Gasteiger partial charge in [-0.05, 0) is 43.7 Å². The van der Waals surface area contributed by atoms with E-state index in [1.807, 2.05) is 24.3 Å². The average molecular weight is 332 g/mol. The van der Waals surface area contributed by atoms with Gasteiger partial charge < -0.3 is 20.4 Å². The van der Waals surface area contributed by atoms with E-state index in [4.69, 9.17) is 0 Å². The number of piperazine rings is 1. The van der Waals surface area contributed by atoms with Crippen LogP contribution in [0.2, 0.25) is 0 Å². The van der Waals surface area contributed by atoms with Gasteiger partial charge in [0.15, 0.2) is 0 Å². The molecular formula is C19H32N4O. The molecule has 0 radical (unpaired) electrons. The number of nitrogens with one attached hydrogen (secondary N) is 2. The van der Waals surface area contributed by atoms with Crippen LogP contribution in [0.1, 0.15) is 36.5 Å². The minimum atomic E-state index is 0.0260. The van der Waals surface area contributed by atoms with Crippen molar-refractivity contribution >= 4 is 11.6 Å². The molecule has 1 fully saturated rings. The maximum Gasteiger partial charge on any atom is 0.251 e. The van der Waals surface area contributed by atoms with Crippen LogP contribution in [0.3, 0.4) is 0 Å². The molecule has 0 unspecified atom stereocenters. The Morgan fingerprint density at radius 2 is 1.92 bits per heavy atom. The van der Waals surface area contributed by atoms with Gasteiger partial charge in [-0.2, -0.15) is 0 Å². The summed E-state index contributed by atoms with van der Waals surface area (Å²) in [5, 5.41) is 6.38. The van der Waals surface area contributed by atoms with Gasteiger partial charge in [0.2, 0.25) is 0 Å². The summed E-state index contributed by atoms with van der Waals surface area (Å²) < 4.78 is 0. The number of carbonyl (C=O) groups is 1. The monoisotopic (exact) mass is 332 g/mol. The lowest BCUT2D eigenvalue weighted by Gasteiger charge is -2.27. The molecule has 5 heteroatoms. The number of rotatable bonds is 9. The highest BCUT2D eigenvalue weighted by Crippen LogP contribution is 2.14. The lowest BCUT2D eigenvalue weighted by molar-refractivity contribution is 0.0951. The number of nitrogens with zero attached hydrogens (tertiary/aromatic N) is 2. The lowest BCUT2D eigenvalue weighted by atomic mass is 10.1. The van der Waals surface area contributed by atoms with Crippen molar-refractivity contribution in [1.82, 2.24) is 15.5 Å². The van der Waals surface area contributed by atoms with E-state index in [2.05, 4.69) is 34.4 Å². The highest BCUT2D eigenvalue weighted by molar-refractivity contribution is 5.94. The number of hydrogen-bond acceptors (Lipinski definition) is 4. The van der Waals surface area contributed by atoms with Crippen molar-refractivity contribution in [3.63, 3.8) is 0 Å². The van der Waals surface area contributed by atoms with Gasteiger partial charge in [-0.25, -0.2) is 0 Å². The van der Waals surface area contributed by atoms with Gasteiger partial charge in [-0.15, -0.1) is 0 Å². The number of benzene rings is 1. The molecule has 5 nitrogen and oxygen atoms in total. The third kappa shape index (κ3) is 6.13. The molecule has 1 amide bonds. The first-order valence-electron chi connectivity index (χ1n) is 9.23. The van der Waals surface area contributed by atoms with Gasteiger partial charge in [0.05, 0.1) is 0 Å². The summed E-state index contributed by atoms with van der Waals surface area (Å²) in [6.45, 7) is 9.42. The summed E-state index contributed by atoms with van der Waals surface area (Å²) in [6, 6.07) is 7.91. The van der Waals surface area contributed by atoms with Crippen LogP contribution < -0.4 is 15.5 Å². The van der Waals surface area contributed by atoms with Crippen molar-refractivity contribution in [3.05, 3.63) is 29.8 Å². The predicted molar refractivity (Wildman–Crippen MR) is 101 cm³/mol. The van der Waals surface area contributed by atoms with E-state index in [9.17, 15) is 4.79 Å². The standard InChI is InChI=1S/C19H32N4O/c1-3-4-13-22(2)18-8-6-17(7-9-18)19(24)21-10-5-14-23-15-11-20-12-16-23/h6-9,20H,3-5,10-16H2,1-2H3,(H,21,24). The van der Waals surface area contributed by atoms with E-state index in [0.717, 1.165) is 57.8 Å². The molecular weight excluding hydrogens is 300 g/mol. The Hall–Kier alpha value is -1.59. The first-order valence-corrected chi connectivity index (χ1v) is 9.23. The molecule has 1 saturated heterocycles. The van der Waals surface area contributed by atoms with Gasteiger partial charge >= 0.3 is 0 Å². The molecule has 1 aromatic carbocycles. The Morgan fingerprint density at radius 3 is 2.58 bits per heavy atom. The van der Waals surface area contributed by atoms with Crippen molar-refractivity contribution in [2.45, 2.75) is 26.2 Å². The molecule has 0 bridgehead atoms. The van der Waals surface area contributed by atoms with Gasteiger partial charge in [0.25, 0.3) is 5.91 Å². The minimum absolute atomic E-state index is 0.0260. The SMILES string of the molecule is CCCCN(C)c1ccc(C(=O)NCCCN2CCNCC2)cc1. The van der Waals surface area contributed by atoms with Crippen molar-refractivity contribution in [1.29, 1.82) is 0 Å². The number of amides is 1. The van der Waals surface area contributed by atoms with E-state index >= 15 is 0 Å². The van der Waals surface area contributed by atoms with Crippen LogP contribution in [-0.2, 0) is 0 Å². The molecule has 134 valence electrons. The van der Waals surface area contributed by atoms with Crippen LogP contribution in [0.4, 0.5) is 5.69 Å². The molecule has 0 atom stereocenters. The van der Waals surface area contributed by atoms with E-state index in [1.54, 1.807) is 0 Å². The molecule has 1 aliphatic heterocycles. The van der Waals surface area contributed by atoms with Crippen molar-refractivity contribution in [2.24, 2.45) is 0 Å². The van der Waals surface area contributed by atoms with E-state index < -0.39 is 0 Å². The largest absolute Gasteiger partial charge is 0.375 e. The van der Waals surface area contributed by atoms with Crippen LogP contribution in [0.15, 0.2) is 24.3 Å². The fraction of sp³-hybridized carbons (Fsp3) is 0.632. The third-order valence-corrected chi connectivity index (χ3v) is 4.56. The summed E-state index contributed by atoms with van der Waals surface area (Å²) in [5.74, 6) is 0.0260. The second-order valence-electron chi connectivity index (χ2n) is 6.52. The summed E-state index contributed by atoms with van der Waals surface area (Å²) in [6.07, 6.45) is 3.38. The minimum Gasteiger partial charge on any atom is -0.375 e. The Labute approximate surface area is 146 Å². The molecule has 24 heavy (non-hydrogen) atoms. The first kappa shape index (κ1) is 18.7. The maximum atomic E-state index is 12.2. The number of carbonyl (C=O) groups excluding carboxylic acids is 1. The van der Waals surface area contributed by atoms with Gasteiger partial charge in [-0.3, -0.25) is 4.79 Å². The number of unbranched alkanes of at least 4 members (excludes halogenated alkanes) is 1. The van der Waals surface area contributed by atoms with E-state index in [-0.39, 0.29) is 5.91 Å². The molecule has 0 saturated carbocycles. The summed E-state index contributed by atoms with van der Waals surface area (Å²) in [5.41, 5.74) is 1.91.